The molecule has 1 aliphatic carbocycles. The predicted molar refractivity (Wildman–Crippen MR) is 96.3 cm³/mol. The quantitative estimate of drug-likeness (QED) is 0.630. The number of alkyl halides is 3. The fraction of sp³-hybridized carbons (Fsp3) is 0.211. The maximum Gasteiger partial charge on any atom is 0.433 e. The van der Waals surface area contributed by atoms with Gasteiger partial charge in [0.2, 0.25) is 0 Å². The van der Waals surface area contributed by atoms with Crippen LogP contribution >= 0.6 is 11.6 Å². The molecule has 0 saturated carbocycles. The van der Waals surface area contributed by atoms with Gasteiger partial charge in [-0.1, -0.05) is 11.6 Å². The summed E-state index contributed by atoms with van der Waals surface area (Å²) in [6.07, 6.45) is -0.778. The van der Waals surface area contributed by atoms with Crippen molar-refractivity contribution in [2.24, 2.45) is 0 Å². The van der Waals surface area contributed by atoms with E-state index in [1.165, 1.54) is 16.8 Å². The Labute approximate surface area is 167 Å². The highest BCUT2D eigenvalue weighted by atomic mass is 35.5. The van der Waals surface area contributed by atoms with Crippen molar-refractivity contribution in [1.29, 1.82) is 0 Å². The van der Waals surface area contributed by atoms with Gasteiger partial charge in [0.1, 0.15) is 11.5 Å². The Balaban J connectivity index is 1.57. The molecule has 1 N–H and O–H groups in total. The van der Waals surface area contributed by atoms with Gasteiger partial charge in [-0.2, -0.15) is 18.3 Å². The molecule has 0 fully saturated rings. The van der Waals surface area contributed by atoms with E-state index in [1.54, 1.807) is 6.20 Å². The Morgan fingerprint density at radius 1 is 1.24 bits per heavy atom. The van der Waals surface area contributed by atoms with Gasteiger partial charge in [0.05, 0.1) is 17.4 Å². The summed E-state index contributed by atoms with van der Waals surface area (Å²) in [5.74, 6) is -1.12. The third kappa shape index (κ3) is 3.95. The zero-order chi connectivity index (χ0) is 20.8. The zero-order valence-corrected chi connectivity index (χ0v) is 15.4. The first-order valence-electron chi connectivity index (χ1n) is 8.60. The van der Waals surface area contributed by atoms with Crippen LogP contribution in [0.25, 0.3) is 5.69 Å². The van der Waals surface area contributed by atoms with Crippen LogP contribution < -0.4 is 5.32 Å². The van der Waals surface area contributed by atoms with Crippen molar-refractivity contribution in [3.8, 4) is 5.69 Å². The van der Waals surface area contributed by atoms with Crippen LogP contribution in [0.5, 0.6) is 0 Å². The monoisotopic (exact) mass is 424 g/mol. The number of hydrogen-bond acceptors (Lipinski definition) is 3. The van der Waals surface area contributed by atoms with Crippen molar-refractivity contribution in [2.45, 2.75) is 25.1 Å². The summed E-state index contributed by atoms with van der Waals surface area (Å²) in [5.41, 5.74) is 0.658. The van der Waals surface area contributed by atoms with Crippen LogP contribution in [0.2, 0.25) is 5.02 Å². The molecular weight excluding hydrogens is 412 g/mol. The molecule has 2 aromatic heterocycles. The number of hydrogen-bond donors (Lipinski definition) is 1. The first kappa shape index (κ1) is 19.4. The van der Waals surface area contributed by atoms with Crippen LogP contribution in [0.1, 0.15) is 39.8 Å². The Bertz CT molecular complexity index is 1080. The fourth-order valence-electron chi connectivity index (χ4n) is 3.27. The normalized spacial score (nSPS) is 16.0. The number of amides is 1. The van der Waals surface area contributed by atoms with E-state index in [-0.39, 0.29) is 16.3 Å². The van der Waals surface area contributed by atoms with E-state index in [1.807, 2.05) is 0 Å². The molecule has 1 amide bonds. The molecule has 5 nitrogen and oxygen atoms in total. The van der Waals surface area contributed by atoms with Crippen molar-refractivity contribution in [3.63, 3.8) is 0 Å². The minimum absolute atomic E-state index is 0.0831. The lowest BCUT2D eigenvalue weighted by atomic mass is 10.1. The van der Waals surface area contributed by atoms with E-state index in [9.17, 15) is 22.4 Å². The van der Waals surface area contributed by atoms with Crippen LogP contribution in [0.3, 0.4) is 0 Å². The second-order valence-corrected chi connectivity index (χ2v) is 7.03. The smallest absolute Gasteiger partial charge is 0.345 e. The maximum absolute atomic E-state index is 13.5. The van der Waals surface area contributed by atoms with Crippen molar-refractivity contribution in [3.05, 3.63) is 76.1 Å². The van der Waals surface area contributed by atoms with Gasteiger partial charge in [-0.3, -0.25) is 9.78 Å². The van der Waals surface area contributed by atoms with Gasteiger partial charge in [0, 0.05) is 28.5 Å². The number of pyridine rings is 1. The predicted octanol–water partition coefficient (Wildman–Crippen LogP) is 4.50. The lowest BCUT2D eigenvalue weighted by Gasteiger charge is -2.13. The SMILES string of the molecule is O=C(N[C@H]1CCc2nn(-c3ccnc(C(F)(F)F)c3)cc21)c1cc(F)cc(Cl)c1. The highest BCUT2D eigenvalue weighted by Gasteiger charge is 2.33. The van der Waals surface area contributed by atoms with Gasteiger partial charge >= 0.3 is 6.18 Å². The van der Waals surface area contributed by atoms with Crippen LogP contribution in [0.15, 0.2) is 42.7 Å². The highest BCUT2D eigenvalue weighted by molar-refractivity contribution is 6.31. The molecule has 1 aliphatic rings. The summed E-state index contributed by atoms with van der Waals surface area (Å²) in [6, 6.07) is 5.46. The molecule has 0 saturated heterocycles. The summed E-state index contributed by atoms with van der Waals surface area (Å²) in [7, 11) is 0. The molecule has 150 valence electrons. The summed E-state index contributed by atoms with van der Waals surface area (Å²) >= 11 is 5.79. The van der Waals surface area contributed by atoms with Crippen molar-refractivity contribution >= 4 is 17.5 Å². The Morgan fingerprint density at radius 2 is 2.03 bits per heavy atom. The molecule has 4 rings (SSSR count). The van der Waals surface area contributed by atoms with Gasteiger partial charge < -0.3 is 5.32 Å². The number of aryl methyl sites for hydroxylation is 1. The molecule has 0 radical (unpaired) electrons. The average molecular weight is 425 g/mol. The van der Waals surface area contributed by atoms with Crippen molar-refractivity contribution < 1.29 is 22.4 Å². The molecule has 1 aromatic carbocycles. The van der Waals surface area contributed by atoms with Crippen LogP contribution in [0.4, 0.5) is 17.6 Å². The lowest BCUT2D eigenvalue weighted by Crippen LogP contribution is -2.27. The number of rotatable bonds is 3. The standard InChI is InChI=1S/C19H13ClF4N4O/c20-11-5-10(6-12(21)7-11)18(29)26-15-1-2-16-14(15)9-28(27-16)13-3-4-25-17(8-13)19(22,23)24/h3-9,15H,1-2H2,(H,26,29)/t15-/m0/s1. The summed E-state index contributed by atoms with van der Waals surface area (Å²) in [4.78, 5) is 15.8. The fourth-order valence-corrected chi connectivity index (χ4v) is 3.49. The summed E-state index contributed by atoms with van der Waals surface area (Å²) in [6.45, 7) is 0. The molecule has 0 bridgehead atoms. The number of carbonyl (C=O) groups excluding carboxylic acids is 1. The Morgan fingerprint density at radius 3 is 2.76 bits per heavy atom. The third-order valence-corrected chi connectivity index (χ3v) is 4.82. The van der Waals surface area contributed by atoms with Crippen LogP contribution in [-0.4, -0.2) is 20.7 Å². The third-order valence-electron chi connectivity index (χ3n) is 4.60. The topological polar surface area (TPSA) is 59.8 Å². The maximum atomic E-state index is 13.5. The Kier molecular flexibility index (Phi) is 4.77. The number of fused-ring (bicyclic) bond motifs is 1. The summed E-state index contributed by atoms with van der Waals surface area (Å²) < 4.78 is 53.5. The largest absolute Gasteiger partial charge is 0.433 e. The molecule has 29 heavy (non-hydrogen) atoms. The van der Waals surface area contributed by atoms with Gasteiger partial charge in [0.25, 0.3) is 5.91 Å². The highest BCUT2D eigenvalue weighted by Crippen LogP contribution is 2.33. The number of nitrogens with one attached hydrogen (secondary N) is 1. The van der Waals surface area contributed by atoms with Crippen molar-refractivity contribution in [1.82, 2.24) is 20.1 Å². The number of benzene rings is 1. The number of aromatic nitrogens is 3. The van der Waals surface area contributed by atoms with Crippen LogP contribution in [0, 0.1) is 5.82 Å². The van der Waals surface area contributed by atoms with E-state index < -0.39 is 29.6 Å². The Hall–Kier alpha value is -2.94. The zero-order valence-electron chi connectivity index (χ0n) is 14.7. The molecule has 10 heteroatoms. The number of carbonyl (C=O) groups is 1. The molecule has 0 aliphatic heterocycles. The summed E-state index contributed by atoms with van der Waals surface area (Å²) in [5, 5.41) is 7.23. The second kappa shape index (κ2) is 7.14. The van der Waals surface area contributed by atoms with Gasteiger partial charge in [0.15, 0.2) is 0 Å². The van der Waals surface area contributed by atoms with Gasteiger partial charge in [-0.25, -0.2) is 9.07 Å². The second-order valence-electron chi connectivity index (χ2n) is 6.60. The minimum atomic E-state index is -4.56. The van der Waals surface area contributed by atoms with E-state index in [4.69, 9.17) is 11.6 Å². The van der Waals surface area contributed by atoms with E-state index in [0.717, 1.165) is 24.4 Å². The minimum Gasteiger partial charge on any atom is -0.345 e. The number of nitrogens with zero attached hydrogens (tertiary/aromatic N) is 3. The molecule has 1 atom stereocenters. The lowest BCUT2D eigenvalue weighted by molar-refractivity contribution is -0.141. The average Bonchev–Trinajstić information content (AvgIpc) is 3.22. The van der Waals surface area contributed by atoms with Crippen molar-refractivity contribution in [2.75, 3.05) is 0 Å². The first-order valence-corrected chi connectivity index (χ1v) is 8.97. The van der Waals surface area contributed by atoms with E-state index >= 15 is 0 Å². The molecular formula is C19H13ClF4N4O. The number of halogens is 5. The van der Waals surface area contributed by atoms with E-state index in [0.29, 0.717) is 24.1 Å². The molecule has 2 heterocycles. The van der Waals surface area contributed by atoms with Crippen LogP contribution in [-0.2, 0) is 12.6 Å². The molecule has 0 unspecified atom stereocenters. The van der Waals surface area contributed by atoms with E-state index in [2.05, 4.69) is 15.4 Å². The molecule has 3 aromatic rings. The first-order chi connectivity index (χ1) is 13.7. The molecule has 0 spiro atoms. The van der Waals surface area contributed by atoms with Gasteiger partial charge in [-0.15, -0.1) is 0 Å². The van der Waals surface area contributed by atoms with Gasteiger partial charge in [-0.05, 0) is 43.2 Å².